The van der Waals surface area contributed by atoms with Crippen LogP contribution in [0.25, 0.3) is 0 Å². The van der Waals surface area contributed by atoms with Gasteiger partial charge in [-0.2, -0.15) is 0 Å². The minimum atomic E-state index is 0.259. The summed E-state index contributed by atoms with van der Waals surface area (Å²) in [6, 6.07) is 0. The van der Waals surface area contributed by atoms with Crippen molar-refractivity contribution in [3.05, 3.63) is 0 Å². The minimum Gasteiger partial charge on any atom is -0.359 e. The molecule has 0 bridgehead atoms. The van der Waals surface area contributed by atoms with Gasteiger partial charge in [0, 0.05) is 13.1 Å². The highest BCUT2D eigenvalue weighted by Gasteiger charge is 2.28. The van der Waals surface area contributed by atoms with Crippen LogP contribution >= 0.6 is 0 Å². The van der Waals surface area contributed by atoms with Gasteiger partial charge in [-0.15, -0.1) is 0 Å². The number of fused-ring (bicyclic) bond motifs is 1. The molecule has 2 fully saturated rings. The summed E-state index contributed by atoms with van der Waals surface area (Å²) in [7, 11) is 0. The van der Waals surface area contributed by atoms with Crippen molar-refractivity contribution in [3.63, 3.8) is 0 Å². The van der Waals surface area contributed by atoms with E-state index in [4.69, 9.17) is 9.47 Å². The van der Waals surface area contributed by atoms with Crippen molar-refractivity contribution in [2.24, 2.45) is 0 Å². The van der Waals surface area contributed by atoms with Gasteiger partial charge in [0.15, 0.2) is 0 Å². The van der Waals surface area contributed by atoms with Crippen LogP contribution in [0.5, 0.6) is 0 Å². The van der Waals surface area contributed by atoms with Crippen molar-refractivity contribution >= 4 is 0 Å². The van der Waals surface area contributed by atoms with Crippen LogP contribution < -0.4 is 10.6 Å². The van der Waals surface area contributed by atoms with Crippen molar-refractivity contribution in [1.29, 1.82) is 0 Å². The maximum Gasteiger partial charge on any atom is 0.0992 e. The number of hydrogen-bond acceptors (Lipinski definition) is 4. The summed E-state index contributed by atoms with van der Waals surface area (Å²) in [5.41, 5.74) is 0. The molecular formula is C6H12N2O2. The summed E-state index contributed by atoms with van der Waals surface area (Å²) in [6.45, 7) is 3.16. The van der Waals surface area contributed by atoms with E-state index >= 15 is 0 Å². The standard InChI is InChI=1S/C6H12N2O2/c1-5-6(10-3-7-1)2-8-4-9-5/h5-8H,1-4H2/t5-,6-/m1/s1. The van der Waals surface area contributed by atoms with Crippen LogP contribution in [0, 0.1) is 0 Å². The SMILES string of the molecule is C1NC[C@H]2OCNC[C@H]2O1. The number of ether oxygens (including phenoxy) is 2. The number of rotatable bonds is 0. The monoisotopic (exact) mass is 144 g/mol. The molecule has 0 aromatic heterocycles. The molecule has 58 valence electrons. The van der Waals surface area contributed by atoms with Crippen LogP contribution in [0.1, 0.15) is 0 Å². The molecule has 0 aliphatic carbocycles. The van der Waals surface area contributed by atoms with Gasteiger partial charge in [0.2, 0.25) is 0 Å². The fraction of sp³-hybridized carbons (Fsp3) is 1.00. The van der Waals surface area contributed by atoms with Gasteiger partial charge < -0.3 is 9.47 Å². The third-order valence-electron chi connectivity index (χ3n) is 1.90. The highest BCUT2D eigenvalue weighted by molar-refractivity contribution is 4.80. The highest BCUT2D eigenvalue weighted by atomic mass is 16.6. The second kappa shape index (κ2) is 2.84. The van der Waals surface area contributed by atoms with Gasteiger partial charge in [-0.3, -0.25) is 10.6 Å². The van der Waals surface area contributed by atoms with Crippen LogP contribution in [0.2, 0.25) is 0 Å². The molecule has 10 heavy (non-hydrogen) atoms. The van der Waals surface area contributed by atoms with Crippen LogP contribution in [0.4, 0.5) is 0 Å². The maximum atomic E-state index is 5.38. The molecule has 2 saturated heterocycles. The topological polar surface area (TPSA) is 42.5 Å². The Labute approximate surface area is 59.9 Å². The average Bonchev–Trinajstić information content (AvgIpc) is 2.05. The van der Waals surface area contributed by atoms with Crippen molar-refractivity contribution < 1.29 is 9.47 Å². The third-order valence-corrected chi connectivity index (χ3v) is 1.90. The first-order valence-corrected chi connectivity index (χ1v) is 3.61. The lowest BCUT2D eigenvalue weighted by Gasteiger charge is -2.35. The Bertz CT molecular complexity index is 94.3. The molecule has 2 aliphatic heterocycles. The highest BCUT2D eigenvalue weighted by Crippen LogP contribution is 2.09. The molecule has 2 aliphatic rings. The number of hydrogen-bond donors (Lipinski definition) is 2. The molecule has 4 nitrogen and oxygen atoms in total. The smallest absolute Gasteiger partial charge is 0.0992 e. The number of nitrogens with one attached hydrogen (secondary N) is 2. The molecule has 2 heterocycles. The molecule has 0 spiro atoms. The second-order valence-corrected chi connectivity index (χ2v) is 2.61. The van der Waals surface area contributed by atoms with Crippen LogP contribution in [0.3, 0.4) is 0 Å². The molecule has 4 heteroatoms. The largest absolute Gasteiger partial charge is 0.359 e. The normalized spacial score (nSPS) is 40.8. The molecule has 2 N–H and O–H groups in total. The first kappa shape index (κ1) is 6.54. The Morgan fingerprint density at radius 3 is 1.90 bits per heavy atom. The lowest BCUT2D eigenvalue weighted by atomic mass is 10.1. The molecule has 0 radical (unpaired) electrons. The van der Waals surface area contributed by atoms with E-state index in [-0.39, 0.29) is 12.2 Å². The molecule has 0 amide bonds. The zero-order chi connectivity index (χ0) is 6.81. The summed E-state index contributed by atoms with van der Waals surface area (Å²) in [6.07, 6.45) is 0.519. The van der Waals surface area contributed by atoms with Gasteiger partial charge in [-0.1, -0.05) is 0 Å². The Morgan fingerprint density at radius 2 is 1.40 bits per heavy atom. The van der Waals surface area contributed by atoms with Gasteiger partial charge in [0.1, 0.15) is 0 Å². The summed E-state index contributed by atoms with van der Waals surface area (Å²) in [4.78, 5) is 0. The first-order chi connectivity index (χ1) is 4.97. The van der Waals surface area contributed by atoms with Gasteiger partial charge >= 0.3 is 0 Å². The average molecular weight is 144 g/mol. The van der Waals surface area contributed by atoms with E-state index in [0.717, 1.165) is 13.1 Å². The van der Waals surface area contributed by atoms with Crippen molar-refractivity contribution in [1.82, 2.24) is 10.6 Å². The van der Waals surface area contributed by atoms with Gasteiger partial charge in [-0.25, -0.2) is 0 Å². The fourth-order valence-electron chi connectivity index (χ4n) is 1.33. The second-order valence-electron chi connectivity index (χ2n) is 2.61. The quantitative estimate of drug-likeness (QED) is 0.452. The van der Waals surface area contributed by atoms with Gasteiger partial charge in [-0.05, 0) is 0 Å². The van der Waals surface area contributed by atoms with Gasteiger partial charge in [0.05, 0.1) is 25.7 Å². The van der Waals surface area contributed by atoms with E-state index in [1.807, 2.05) is 0 Å². The molecule has 2 rings (SSSR count). The van der Waals surface area contributed by atoms with E-state index in [0.29, 0.717) is 13.5 Å². The van der Waals surface area contributed by atoms with E-state index in [9.17, 15) is 0 Å². The fourth-order valence-corrected chi connectivity index (χ4v) is 1.33. The predicted molar refractivity (Wildman–Crippen MR) is 35.5 cm³/mol. The zero-order valence-electron chi connectivity index (χ0n) is 5.80. The Kier molecular flexibility index (Phi) is 1.86. The molecule has 0 unspecified atom stereocenters. The zero-order valence-corrected chi connectivity index (χ0v) is 5.80. The van der Waals surface area contributed by atoms with Crippen molar-refractivity contribution in [2.75, 3.05) is 26.6 Å². The minimum absolute atomic E-state index is 0.259. The summed E-state index contributed by atoms with van der Waals surface area (Å²) >= 11 is 0. The third kappa shape index (κ3) is 1.15. The van der Waals surface area contributed by atoms with Crippen molar-refractivity contribution in [3.8, 4) is 0 Å². The van der Waals surface area contributed by atoms with E-state index in [1.54, 1.807) is 0 Å². The lowest BCUT2D eigenvalue weighted by molar-refractivity contribution is -0.133. The summed E-state index contributed by atoms with van der Waals surface area (Å²) in [5.74, 6) is 0. The van der Waals surface area contributed by atoms with E-state index in [2.05, 4.69) is 10.6 Å². The van der Waals surface area contributed by atoms with E-state index in [1.165, 1.54) is 0 Å². The van der Waals surface area contributed by atoms with Crippen LogP contribution in [-0.4, -0.2) is 38.8 Å². The Hall–Kier alpha value is -0.160. The predicted octanol–water partition coefficient (Wildman–Crippen LogP) is -1.12. The molecule has 2 atom stereocenters. The van der Waals surface area contributed by atoms with Crippen LogP contribution in [-0.2, 0) is 9.47 Å². The first-order valence-electron chi connectivity index (χ1n) is 3.61. The molecular weight excluding hydrogens is 132 g/mol. The van der Waals surface area contributed by atoms with Gasteiger partial charge in [0.25, 0.3) is 0 Å². The Balaban J connectivity index is 1.93. The van der Waals surface area contributed by atoms with E-state index < -0.39 is 0 Å². The maximum absolute atomic E-state index is 5.38. The summed E-state index contributed by atoms with van der Waals surface area (Å²) < 4.78 is 10.8. The molecule has 0 saturated carbocycles. The van der Waals surface area contributed by atoms with Crippen molar-refractivity contribution in [2.45, 2.75) is 12.2 Å². The summed E-state index contributed by atoms with van der Waals surface area (Å²) in [5, 5.41) is 6.22. The van der Waals surface area contributed by atoms with Crippen LogP contribution in [0.15, 0.2) is 0 Å². The lowest BCUT2D eigenvalue weighted by Crippen LogP contribution is -2.55. The molecule has 0 aromatic rings. The Morgan fingerprint density at radius 1 is 0.900 bits per heavy atom. The molecule has 0 aromatic carbocycles.